The maximum absolute atomic E-state index is 12.8. The summed E-state index contributed by atoms with van der Waals surface area (Å²) >= 11 is 3.36. The number of nitrogens with zero attached hydrogens (tertiary/aromatic N) is 2. The number of carbonyl (C=O) groups excluding carboxylic acids is 1. The summed E-state index contributed by atoms with van der Waals surface area (Å²) in [6.45, 7) is 1.59. The number of hydrogen-bond acceptors (Lipinski definition) is 3. The lowest BCUT2D eigenvalue weighted by Crippen LogP contribution is -2.25. The van der Waals surface area contributed by atoms with Gasteiger partial charge in [0.15, 0.2) is 6.61 Å². The number of carbonyl (C=O) groups is 1. The van der Waals surface area contributed by atoms with Gasteiger partial charge in [-0.05, 0) is 47.1 Å². The Labute approximate surface area is 159 Å². The standard InChI is InChI=1S/C19H18BrN3O3/c1-13-18(19(25)23(22(13)2)14-8-4-3-5-9-14)21-17(24)12-26-16-11-7-6-10-15(16)20/h3-11H,12H2,1-2H3,(H,21,24). The molecule has 0 fully saturated rings. The van der Waals surface area contributed by atoms with Gasteiger partial charge in [0.25, 0.3) is 11.5 Å². The van der Waals surface area contributed by atoms with Crippen LogP contribution in [-0.2, 0) is 11.8 Å². The van der Waals surface area contributed by atoms with E-state index in [2.05, 4.69) is 21.2 Å². The van der Waals surface area contributed by atoms with E-state index in [1.54, 1.807) is 24.7 Å². The first kappa shape index (κ1) is 18.0. The van der Waals surface area contributed by atoms with Crippen molar-refractivity contribution in [1.82, 2.24) is 9.36 Å². The van der Waals surface area contributed by atoms with E-state index in [-0.39, 0.29) is 17.9 Å². The number of nitrogens with one attached hydrogen (secondary N) is 1. The van der Waals surface area contributed by atoms with Gasteiger partial charge < -0.3 is 10.1 Å². The summed E-state index contributed by atoms with van der Waals surface area (Å²) in [5, 5.41) is 2.67. The highest BCUT2D eigenvalue weighted by Gasteiger charge is 2.18. The number of hydrogen-bond donors (Lipinski definition) is 1. The van der Waals surface area contributed by atoms with Crippen molar-refractivity contribution in [3.63, 3.8) is 0 Å². The van der Waals surface area contributed by atoms with Gasteiger partial charge >= 0.3 is 0 Å². The predicted molar refractivity (Wildman–Crippen MR) is 104 cm³/mol. The summed E-state index contributed by atoms with van der Waals surface area (Å²) in [7, 11) is 1.77. The molecule has 3 aromatic rings. The van der Waals surface area contributed by atoms with Gasteiger partial charge in [0, 0.05) is 7.05 Å². The molecular weight excluding hydrogens is 398 g/mol. The maximum Gasteiger partial charge on any atom is 0.295 e. The van der Waals surface area contributed by atoms with Crippen LogP contribution in [0.25, 0.3) is 5.69 Å². The van der Waals surface area contributed by atoms with Crippen molar-refractivity contribution in [1.29, 1.82) is 0 Å². The lowest BCUT2D eigenvalue weighted by Gasteiger charge is -2.08. The quantitative estimate of drug-likeness (QED) is 0.695. The summed E-state index contributed by atoms with van der Waals surface area (Å²) in [6.07, 6.45) is 0. The van der Waals surface area contributed by atoms with Crippen LogP contribution in [0.4, 0.5) is 5.69 Å². The molecule has 0 saturated carbocycles. The van der Waals surface area contributed by atoms with Crippen molar-refractivity contribution in [2.45, 2.75) is 6.92 Å². The minimum atomic E-state index is -0.397. The second kappa shape index (κ2) is 7.61. The summed E-state index contributed by atoms with van der Waals surface area (Å²) in [5.41, 5.74) is 1.35. The molecule has 0 aliphatic heterocycles. The number of ether oxygens (including phenoxy) is 1. The van der Waals surface area contributed by atoms with Crippen LogP contribution < -0.4 is 15.6 Å². The average Bonchev–Trinajstić information content (AvgIpc) is 2.85. The minimum absolute atomic E-state index is 0.193. The largest absolute Gasteiger partial charge is 0.483 e. The fourth-order valence-corrected chi connectivity index (χ4v) is 2.99. The normalized spacial score (nSPS) is 10.6. The van der Waals surface area contributed by atoms with E-state index in [1.807, 2.05) is 48.5 Å². The number of halogens is 1. The lowest BCUT2D eigenvalue weighted by molar-refractivity contribution is -0.118. The number of amides is 1. The van der Waals surface area contributed by atoms with E-state index < -0.39 is 5.91 Å². The molecule has 0 aliphatic rings. The zero-order valence-corrected chi connectivity index (χ0v) is 16.0. The molecule has 0 saturated heterocycles. The van der Waals surface area contributed by atoms with Crippen molar-refractivity contribution in [2.24, 2.45) is 7.05 Å². The molecule has 26 heavy (non-hydrogen) atoms. The third kappa shape index (κ3) is 3.57. The van der Waals surface area contributed by atoms with Crippen LogP contribution in [0.1, 0.15) is 5.69 Å². The van der Waals surface area contributed by atoms with Gasteiger partial charge in [-0.25, -0.2) is 4.68 Å². The molecule has 2 aromatic carbocycles. The van der Waals surface area contributed by atoms with Gasteiger partial charge in [-0.1, -0.05) is 30.3 Å². The van der Waals surface area contributed by atoms with Crippen molar-refractivity contribution < 1.29 is 9.53 Å². The van der Waals surface area contributed by atoms with Gasteiger partial charge in [0.2, 0.25) is 0 Å². The zero-order chi connectivity index (χ0) is 18.7. The highest BCUT2D eigenvalue weighted by atomic mass is 79.9. The molecule has 0 bridgehead atoms. The van der Waals surface area contributed by atoms with Crippen molar-refractivity contribution >= 4 is 27.5 Å². The fourth-order valence-electron chi connectivity index (χ4n) is 2.59. The molecule has 1 heterocycles. The highest BCUT2D eigenvalue weighted by Crippen LogP contribution is 2.23. The smallest absolute Gasteiger partial charge is 0.295 e. The molecule has 0 aliphatic carbocycles. The third-order valence-corrected chi connectivity index (χ3v) is 4.67. The van der Waals surface area contributed by atoms with Crippen LogP contribution in [0, 0.1) is 6.92 Å². The molecule has 1 N–H and O–H groups in total. The molecule has 134 valence electrons. The first-order valence-electron chi connectivity index (χ1n) is 8.00. The van der Waals surface area contributed by atoms with Gasteiger partial charge in [-0.3, -0.25) is 14.3 Å². The number of anilines is 1. The van der Waals surface area contributed by atoms with E-state index in [4.69, 9.17) is 4.74 Å². The van der Waals surface area contributed by atoms with Crippen LogP contribution in [0.2, 0.25) is 0 Å². The second-order valence-corrected chi connectivity index (χ2v) is 6.56. The molecule has 6 nitrogen and oxygen atoms in total. The summed E-state index contributed by atoms with van der Waals surface area (Å²) in [5.74, 6) is 0.167. The maximum atomic E-state index is 12.8. The monoisotopic (exact) mass is 415 g/mol. The first-order chi connectivity index (χ1) is 12.5. The SMILES string of the molecule is Cc1c(NC(=O)COc2ccccc2Br)c(=O)n(-c2ccccc2)n1C. The Bertz CT molecular complexity index is 993. The van der Waals surface area contributed by atoms with Gasteiger partial charge in [0.05, 0.1) is 15.9 Å². The van der Waals surface area contributed by atoms with Gasteiger partial charge in [-0.15, -0.1) is 0 Å². The summed E-state index contributed by atoms with van der Waals surface area (Å²) < 4.78 is 9.48. The highest BCUT2D eigenvalue weighted by molar-refractivity contribution is 9.10. The van der Waals surface area contributed by atoms with E-state index in [0.717, 1.165) is 10.2 Å². The molecular formula is C19H18BrN3O3. The molecule has 1 amide bonds. The molecule has 0 spiro atoms. The summed E-state index contributed by atoms with van der Waals surface area (Å²) in [6, 6.07) is 16.5. The van der Waals surface area contributed by atoms with E-state index in [9.17, 15) is 9.59 Å². The molecule has 0 radical (unpaired) electrons. The fraction of sp³-hybridized carbons (Fsp3) is 0.158. The second-order valence-electron chi connectivity index (χ2n) is 5.70. The van der Waals surface area contributed by atoms with E-state index in [1.165, 1.54) is 4.68 Å². The van der Waals surface area contributed by atoms with Crippen molar-refractivity contribution in [3.05, 3.63) is 75.1 Å². The Hall–Kier alpha value is -2.80. The minimum Gasteiger partial charge on any atom is -0.483 e. The number of para-hydroxylation sites is 2. The molecule has 3 rings (SSSR count). The number of rotatable bonds is 5. The Balaban J connectivity index is 1.79. The van der Waals surface area contributed by atoms with Crippen LogP contribution in [-0.4, -0.2) is 21.9 Å². The third-order valence-electron chi connectivity index (χ3n) is 4.01. The average molecular weight is 416 g/mol. The summed E-state index contributed by atoms with van der Waals surface area (Å²) in [4.78, 5) is 25.0. The van der Waals surface area contributed by atoms with Gasteiger partial charge in [-0.2, -0.15) is 0 Å². The Morgan fingerprint density at radius 3 is 2.46 bits per heavy atom. The van der Waals surface area contributed by atoms with E-state index >= 15 is 0 Å². The van der Waals surface area contributed by atoms with Crippen LogP contribution in [0.5, 0.6) is 5.75 Å². The lowest BCUT2D eigenvalue weighted by atomic mass is 10.3. The molecule has 1 aromatic heterocycles. The predicted octanol–water partition coefficient (Wildman–Crippen LogP) is 3.26. The first-order valence-corrected chi connectivity index (χ1v) is 8.79. The molecule has 0 unspecified atom stereocenters. The number of aromatic nitrogens is 2. The Kier molecular flexibility index (Phi) is 5.27. The molecule has 0 atom stereocenters. The van der Waals surface area contributed by atoms with Gasteiger partial charge in [0.1, 0.15) is 11.4 Å². The van der Waals surface area contributed by atoms with Crippen LogP contribution >= 0.6 is 15.9 Å². The Morgan fingerprint density at radius 2 is 1.77 bits per heavy atom. The van der Waals surface area contributed by atoms with E-state index in [0.29, 0.717) is 11.4 Å². The number of benzene rings is 2. The zero-order valence-electron chi connectivity index (χ0n) is 14.4. The van der Waals surface area contributed by atoms with Crippen molar-refractivity contribution in [2.75, 3.05) is 11.9 Å². The topological polar surface area (TPSA) is 65.3 Å². The Morgan fingerprint density at radius 1 is 1.12 bits per heavy atom. The van der Waals surface area contributed by atoms with Crippen LogP contribution in [0.3, 0.4) is 0 Å². The molecule has 7 heteroatoms. The van der Waals surface area contributed by atoms with Crippen molar-refractivity contribution in [3.8, 4) is 11.4 Å². The van der Waals surface area contributed by atoms with Crippen LogP contribution in [0.15, 0.2) is 63.9 Å².